The highest BCUT2D eigenvalue weighted by atomic mass is 19.1. The van der Waals surface area contributed by atoms with Gasteiger partial charge in [-0.05, 0) is 63.8 Å². The summed E-state index contributed by atoms with van der Waals surface area (Å²) in [5, 5.41) is 0. The topological polar surface area (TPSA) is 55.6 Å². The van der Waals surface area contributed by atoms with Gasteiger partial charge >= 0.3 is 6.09 Å². The summed E-state index contributed by atoms with van der Waals surface area (Å²) >= 11 is 0. The Bertz CT molecular complexity index is 525. The van der Waals surface area contributed by atoms with E-state index in [2.05, 4.69) is 0 Å². The molecule has 116 valence electrons. The monoisotopic (exact) mass is 294 g/mol. The lowest BCUT2D eigenvalue weighted by Gasteiger charge is -2.29. The Morgan fingerprint density at radius 2 is 2.19 bits per heavy atom. The standard InChI is InChI=1S/C16H23FN2O2/c1-16(2,3)21-15(20)19-8-4-5-13(19)10-11-9-12(17)6-7-14(11)18/h6-7,9,13H,4-5,8,10,18H2,1-3H3. The van der Waals surface area contributed by atoms with Crippen LogP contribution in [0.4, 0.5) is 14.9 Å². The maximum absolute atomic E-state index is 13.3. The van der Waals surface area contributed by atoms with Crippen molar-refractivity contribution in [3.8, 4) is 0 Å². The molecule has 1 heterocycles. The lowest BCUT2D eigenvalue weighted by molar-refractivity contribution is 0.0227. The number of benzene rings is 1. The Hall–Kier alpha value is -1.78. The summed E-state index contributed by atoms with van der Waals surface area (Å²) in [6.45, 7) is 6.22. The van der Waals surface area contributed by atoms with E-state index in [9.17, 15) is 9.18 Å². The number of rotatable bonds is 2. The van der Waals surface area contributed by atoms with Crippen LogP contribution in [-0.4, -0.2) is 29.2 Å². The van der Waals surface area contributed by atoms with Crippen LogP contribution in [0.2, 0.25) is 0 Å². The molecule has 1 aromatic rings. The van der Waals surface area contributed by atoms with Gasteiger partial charge in [0.25, 0.3) is 0 Å². The van der Waals surface area contributed by atoms with Gasteiger partial charge in [0.05, 0.1) is 0 Å². The van der Waals surface area contributed by atoms with E-state index in [0.717, 1.165) is 18.4 Å². The predicted molar refractivity (Wildman–Crippen MR) is 80.5 cm³/mol. The molecular weight excluding hydrogens is 271 g/mol. The van der Waals surface area contributed by atoms with Crippen molar-refractivity contribution >= 4 is 11.8 Å². The van der Waals surface area contributed by atoms with Crippen LogP contribution in [0.3, 0.4) is 0 Å². The average molecular weight is 294 g/mol. The predicted octanol–water partition coefficient (Wildman–Crippen LogP) is 3.35. The minimum Gasteiger partial charge on any atom is -0.444 e. The third kappa shape index (κ3) is 4.09. The number of ether oxygens (including phenoxy) is 1. The molecule has 1 aromatic carbocycles. The van der Waals surface area contributed by atoms with E-state index in [-0.39, 0.29) is 18.0 Å². The number of hydrogen-bond donors (Lipinski definition) is 1. The van der Waals surface area contributed by atoms with Crippen LogP contribution in [0.15, 0.2) is 18.2 Å². The second-order valence-corrected chi connectivity index (χ2v) is 6.52. The normalized spacial score (nSPS) is 18.9. The number of hydrogen-bond acceptors (Lipinski definition) is 3. The molecule has 0 bridgehead atoms. The molecule has 21 heavy (non-hydrogen) atoms. The Morgan fingerprint density at radius 1 is 1.48 bits per heavy atom. The number of nitrogen functional groups attached to an aromatic ring is 1. The van der Waals surface area contributed by atoms with Crippen LogP contribution in [0.5, 0.6) is 0 Å². The molecule has 2 rings (SSSR count). The first kappa shape index (κ1) is 15.6. The number of anilines is 1. The molecule has 0 spiro atoms. The molecule has 0 aromatic heterocycles. The number of carbonyl (C=O) groups is 1. The van der Waals surface area contributed by atoms with Crippen LogP contribution in [0.25, 0.3) is 0 Å². The summed E-state index contributed by atoms with van der Waals surface area (Å²) in [5.41, 5.74) is 6.69. The molecule has 5 heteroatoms. The van der Waals surface area contributed by atoms with E-state index in [1.54, 1.807) is 11.0 Å². The first-order chi connectivity index (χ1) is 9.76. The van der Waals surface area contributed by atoms with E-state index < -0.39 is 5.60 Å². The van der Waals surface area contributed by atoms with E-state index >= 15 is 0 Å². The lowest BCUT2D eigenvalue weighted by atomic mass is 10.0. The Kier molecular flexibility index (Phi) is 4.40. The number of carbonyl (C=O) groups excluding carboxylic acids is 1. The first-order valence-corrected chi connectivity index (χ1v) is 7.30. The summed E-state index contributed by atoms with van der Waals surface area (Å²) in [6.07, 6.45) is 2.07. The summed E-state index contributed by atoms with van der Waals surface area (Å²) in [6, 6.07) is 4.38. The van der Waals surface area contributed by atoms with Crippen molar-refractivity contribution in [2.24, 2.45) is 0 Å². The van der Waals surface area contributed by atoms with E-state index in [1.165, 1.54) is 12.1 Å². The van der Waals surface area contributed by atoms with Crippen molar-refractivity contribution in [3.63, 3.8) is 0 Å². The molecule has 1 atom stereocenters. The first-order valence-electron chi connectivity index (χ1n) is 7.30. The van der Waals surface area contributed by atoms with Gasteiger partial charge in [-0.1, -0.05) is 0 Å². The van der Waals surface area contributed by atoms with E-state index in [0.29, 0.717) is 18.7 Å². The highest BCUT2D eigenvalue weighted by molar-refractivity contribution is 5.69. The largest absolute Gasteiger partial charge is 0.444 e. The number of amides is 1. The minimum absolute atomic E-state index is 0.0175. The van der Waals surface area contributed by atoms with Crippen molar-refractivity contribution < 1.29 is 13.9 Å². The number of nitrogens with two attached hydrogens (primary N) is 1. The van der Waals surface area contributed by atoms with Gasteiger partial charge in [0.1, 0.15) is 11.4 Å². The van der Waals surface area contributed by atoms with Gasteiger partial charge in [-0.15, -0.1) is 0 Å². The van der Waals surface area contributed by atoms with Crippen molar-refractivity contribution in [2.45, 2.75) is 51.7 Å². The van der Waals surface area contributed by atoms with Gasteiger partial charge in [0.15, 0.2) is 0 Å². The highest BCUT2D eigenvalue weighted by Gasteiger charge is 2.32. The zero-order chi connectivity index (χ0) is 15.6. The Balaban J connectivity index is 2.08. The van der Waals surface area contributed by atoms with Crippen LogP contribution in [0, 0.1) is 5.82 Å². The maximum atomic E-state index is 13.3. The fourth-order valence-corrected chi connectivity index (χ4v) is 2.61. The number of nitrogens with zero attached hydrogens (tertiary/aromatic N) is 1. The fourth-order valence-electron chi connectivity index (χ4n) is 2.61. The molecule has 0 saturated carbocycles. The third-order valence-electron chi connectivity index (χ3n) is 3.57. The summed E-state index contributed by atoms with van der Waals surface area (Å²) in [5.74, 6) is -0.305. The lowest BCUT2D eigenvalue weighted by Crippen LogP contribution is -2.40. The Morgan fingerprint density at radius 3 is 2.86 bits per heavy atom. The maximum Gasteiger partial charge on any atom is 0.410 e. The zero-order valence-electron chi connectivity index (χ0n) is 12.9. The molecule has 0 aliphatic carbocycles. The third-order valence-corrected chi connectivity index (χ3v) is 3.57. The molecule has 1 aliphatic rings. The highest BCUT2D eigenvalue weighted by Crippen LogP contribution is 2.26. The molecule has 1 aliphatic heterocycles. The second kappa shape index (κ2) is 5.92. The summed E-state index contributed by atoms with van der Waals surface area (Å²) < 4.78 is 18.8. The zero-order valence-corrected chi connectivity index (χ0v) is 12.9. The Labute approximate surface area is 125 Å². The molecule has 1 saturated heterocycles. The van der Waals surface area contributed by atoms with Crippen molar-refractivity contribution in [3.05, 3.63) is 29.6 Å². The molecule has 1 fully saturated rings. The van der Waals surface area contributed by atoms with Crippen LogP contribution >= 0.6 is 0 Å². The molecule has 0 radical (unpaired) electrons. The fraction of sp³-hybridized carbons (Fsp3) is 0.562. The van der Waals surface area contributed by atoms with Crippen LogP contribution in [0.1, 0.15) is 39.2 Å². The quantitative estimate of drug-likeness (QED) is 0.851. The summed E-state index contributed by atoms with van der Waals surface area (Å²) in [7, 11) is 0. The number of halogens is 1. The van der Waals surface area contributed by atoms with Gasteiger partial charge in [0, 0.05) is 18.3 Å². The van der Waals surface area contributed by atoms with Crippen molar-refractivity contribution in [1.29, 1.82) is 0 Å². The van der Waals surface area contributed by atoms with Crippen molar-refractivity contribution in [2.75, 3.05) is 12.3 Å². The van der Waals surface area contributed by atoms with Crippen LogP contribution in [-0.2, 0) is 11.2 Å². The molecular formula is C16H23FN2O2. The summed E-state index contributed by atoms with van der Waals surface area (Å²) in [4.78, 5) is 13.9. The van der Waals surface area contributed by atoms with Crippen molar-refractivity contribution in [1.82, 2.24) is 4.90 Å². The van der Waals surface area contributed by atoms with E-state index in [1.807, 2.05) is 20.8 Å². The molecule has 4 nitrogen and oxygen atoms in total. The van der Waals surface area contributed by atoms with Gasteiger partial charge in [-0.3, -0.25) is 0 Å². The number of likely N-dealkylation sites (tertiary alicyclic amines) is 1. The van der Waals surface area contributed by atoms with Gasteiger partial charge in [-0.2, -0.15) is 0 Å². The minimum atomic E-state index is -0.512. The molecule has 2 N–H and O–H groups in total. The van der Waals surface area contributed by atoms with E-state index in [4.69, 9.17) is 10.5 Å². The van der Waals surface area contributed by atoms with Gasteiger partial charge in [-0.25, -0.2) is 9.18 Å². The van der Waals surface area contributed by atoms with Gasteiger partial charge < -0.3 is 15.4 Å². The molecule has 1 amide bonds. The average Bonchev–Trinajstić information content (AvgIpc) is 2.80. The SMILES string of the molecule is CC(C)(C)OC(=O)N1CCCC1Cc1cc(F)ccc1N. The smallest absolute Gasteiger partial charge is 0.410 e. The second-order valence-electron chi connectivity index (χ2n) is 6.52. The van der Waals surface area contributed by atoms with Gasteiger partial charge in [0.2, 0.25) is 0 Å². The van der Waals surface area contributed by atoms with Crippen LogP contribution < -0.4 is 5.73 Å². The molecule has 1 unspecified atom stereocenters.